The molecule has 2 rings (SSSR count). The van der Waals surface area contributed by atoms with E-state index in [0.717, 1.165) is 11.4 Å². The lowest BCUT2D eigenvalue weighted by Crippen LogP contribution is -2.42. The maximum atomic E-state index is 11.9. The third-order valence-electron chi connectivity index (χ3n) is 3.41. The molecule has 1 aromatic carbocycles. The van der Waals surface area contributed by atoms with Crippen molar-refractivity contribution in [1.29, 1.82) is 0 Å². The van der Waals surface area contributed by atoms with Crippen LogP contribution in [-0.2, 0) is 0 Å². The van der Waals surface area contributed by atoms with E-state index in [1.165, 1.54) is 5.56 Å². The molecule has 5 heteroatoms. The molecule has 19 heavy (non-hydrogen) atoms. The third-order valence-corrected chi connectivity index (χ3v) is 3.65. The highest BCUT2D eigenvalue weighted by Crippen LogP contribution is 2.41. The molecule has 1 saturated carbocycles. The lowest BCUT2D eigenvalue weighted by molar-refractivity contribution is 0.180. The minimum Gasteiger partial charge on any atom is -0.395 e. The van der Waals surface area contributed by atoms with Crippen LogP contribution < -0.4 is 5.32 Å². The molecule has 0 radical (unpaired) electrons. The number of nitrogens with zero attached hydrogens (tertiary/aromatic N) is 1. The molecule has 2 unspecified atom stereocenters. The first-order valence-electron chi connectivity index (χ1n) is 6.57. The van der Waals surface area contributed by atoms with Gasteiger partial charge in [0.1, 0.15) is 0 Å². The summed E-state index contributed by atoms with van der Waals surface area (Å²) in [5.41, 5.74) is 1.17. The number of benzene rings is 1. The van der Waals surface area contributed by atoms with Crippen LogP contribution in [0.4, 0.5) is 4.79 Å². The third kappa shape index (κ3) is 3.61. The molecule has 2 amide bonds. The molecule has 0 saturated heterocycles. The van der Waals surface area contributed by atoms with Crippen molar-refractivity contribution in [2.75, 3.05) is 19.7 Å². The molecule has 1 fully saturated rings. The van der Waals surface area contributed by atoms with Gasteiger partial charge in [0.05, 0.1) is 6.61 Å². The predicted octanol–water partition coefficient (Wildman–Crippen LogP) is 2.22. The highest BCUT2D eigenvalue weighted by atomic mass is 35.5. The average molecular weight is 283 g/mol. The van der Waals surface area contributed by atoms with Crippen LogP contribution >= 0.6 is 11.6 Å². The molecule has 104 valence electrons. The molecule has 0 aliphatic heterocycles. The smallest absolute Gasteiger partial charge is 0.317 e. The molecule has 1 aliphatic carbocycles. The first kappa shape index (κ1) is 14.2. The number of carbonyl (C=O) groups is 1. The van der Waals surface area contributed by atoms with Crippen LogP contribution in [0.2, 0.25) is 5.02 Å². The molecule has 0 heterocycles. The Morgan fingerprint density at radius 3 is 3.00 bits per heavy atom. The zero-order valence-electron chi connectivity index (χ0n) is 11.0. The second-order valence-corrected chi connectivity index (χ2v) is 5.19. The Balaban J connectivity index is 1.88. The summed E-state index contributed by atoms with van der Waals surface area (Å²) < 4.78 is 0. The number of nitrogens with one attached hydrogen (secondary N) is 1. The van der Waals surface area contributed by atoms with E-state index in [0.29, 0.717) is 19.0 Å². The Labute approximate surface area is 118 Å². The number of aliphatic hydroxyl groups is 1. The van der Waals surface area contributed by atoms with Gasteiger partial charge in [-0.3, -0.25) is 0 Å². The quantitative estimate of drug-likeness (QED) is 0.870. The molecule has 4 nitrogen and oxygen atoms in total. The van der Waals surface area contributed by atoms with E-state index < -0.39 is 0 Å². The van der Waals surface area contributed by atoms with Gasteiger partial charge < -0.3 is 15.3 Å². The van der Waals surface area contributed by atoms with Crippen LogP contribution in [0.25, 0.3) is 0 Å². The lowest BCUT2D eigenvalue weighted by Gasteiger charge is -2.20. The lowest BCUT2D eigenvalue weighted by atomic mass is 10.1. The van der Waals surface area contributed by atoms with Crippen LogP contribution in [0.1, 0.15) is 24.8 Å². The summed E-state index contributed by atoms with van der Waals surface area (Å²) in [6, 6.07) is 7.84. The van der Waals surface area contributed by atoms with Crippen molar-refractivity contribution in [2.24, 2.45) is 0 Å². The number of urea groups is 1. The average Bonchev–Trinajstić information content (AvgIpc) is 3.15. The van der Waals surface area contributed by atoms with Gasteiger partial charge in [0.25, 0.3) is 0 Å². The first-order valence-corrected chi connectivity index (χ1v) is 6.95. The highest BCUT2D eigenvalue weighted by molar-refractivity contribution is 6.30. The number of hydrogen-bond donors (Lipinski definition) is 2. The van der Waals surface area contributed by atoms with Gasteiger partial charge in [-0.15, -0.1) is 0 Å². The van der Waals surface area contributed by atoms with Crippen LogP contribution in [0.15, 0.2) is 24.3 Å². The molecule has 2 N–H and O–H groups in total. The molecule has 0 spiro atoms. The standard InChI is InChI=1S/C14H19ClN2O2/c1-2-17(6-7-18)14(19)16-13-9-12(13)10-4-3-5-11(15)8-10/h3-5,8,12-13,18H,2,6-7,9H2,1H3,(H,16,19). The van der Waals surface area contributed by atoms with Crippen molar-refractivity contribution in [1.82, 2.24) is 10.2 Å². The number of aliphatic hydroxyl groups excluding tert-OH is 1. The normalized spacial score (nSPS) is 21.0. The van der Waals surface area contributed by atoms with Gasteiger partial charge in [0, 0.05) is 30.1 Å². The minimum absolute atomic E-state index is 0.0103. The van der Waals surface area contributed by atoms with E-state index >= 15 is 0 Å². The number of halogens is 1. The van der Waals surface area contributed by atoms with Crippen molar-refractivity contribution in [2.45, 2.75) is 25.3 Å². The van der Waals surface area contributed by atoms with Gasteiger partial charge in [-0.2, -0.15) is 0 Å². The van der Waals surface area contributed by atoms with Gasteiger partial charge in [-0.25, -0.2) is 4.79 Å². The molecule has 2 atom stereocenters. The minimum atomic E-state index is -0.105. The Bertz CT molecular complexity index is 453. The largest absolute Gasteiger partial charge is 0.395 e. The zero-order valence-corrected chi connectivity index (χ0v) is 11.7. The van der Waals surface area contributed by atoms with Gasteiger partial charge in [-0.05, 0) is 31.0 Å². The fourth-order valence-corrected chi connectivity index (χ4v) is 2.43. The number of rotatable bonds is 5. The molecule has 1 aliphatic rings. The van der Waals surface area contributed by atoms with Crippen LogP contribution in [0.3, 0.4) is 0 Å². The van der Waals surface area contributed by atoms with Gasteiger partial charge in [0.15, 0.2) is 0 Å². The number of likely N-dealkylation sites (N-methyl/N-ethyl adjacent to an activating group) is 1. The fourth-order valence-electron chi connectivity index (χ4n) is 2.23. The second-order valence-electron chi connectivity index (χ2n) is 4.76. The summed E-state index contributed by atoms with van der Waals surface area (Å²) in [5, 5.41) is 12.6. The molecule has 1 aromatic rings. The Hall–Kier alpha value is -1.26. The van der Waals surface area contributed by atoms with E-state index in [4.69, 9.17) is 16.7 Å². The van der Waals surface area contributed by atoms with Crippen LogP contribution in [0.5, 0.6) is 0 Å². The number of carbonyl (C=O) groups excluding carboxylic acids is 1. The maximum Gasteiger partial charge on any atom is 0.317 e. The van der Waals surface area contributed by atoms with E-state index in [-0.39, 0.29) is 18.7 Å². The predicted molar refractivity (Wildman–Crippen MR) is 75.5 cm³/mol. The Kier molecular flexibility index (Phi) is 4.66. The van der Waals surface area contributed by atoms with E-state index in [2.05, 4.69) is 5.32 Å². The van der Waals surface area contributed by atoms with Crippen molar-refractivity contribution < 1.29 is 9.90 Å². The SMILES string of the molecule is CCN(CCO)C(=O)NC1CC1c1cccc(Cl)c1. The van der Waals surface area contributed by atoms with Gasteiger partial charge in [0.2, 0.25) is 0 Å². The zero-order chi connectivity index (χ0) is 13.8. The van der Waals surface area contributed by atoms with E-state index in [1.807, 2.05) is 31.2 Å². The molecule has 0 aromatic heterocycles. The summed E-state index contributed by atoms with van der Waals surface area (Å²) in [7, 11) is 0. The van der Waals surface area contributed by atoms with Crippen molar-refractivity contribution >= 4 is 17.6 Å². The summed E-state index contributed by atoms with van der Waals surface area (Å²) in [6.45, 7) is 2.86. The maximum absolute atomic E-state index is 11.9. The van der Waals surface area contributed by atoms with Crippen LogP contribution in [-0.4, -0.2) is 41.8 Å². The topological polar surface area (TPSA) is 52.6 Å². The Morgan fingerprint density at radius 2 is 2.37 bits per heavy atom. The van der Waals surface area contributed by atoms with Crippen LogP contribution in [0, 0.1) is 0 Å². The first-order chi connectivity index (χ1) is 9.15. The monoisotopic (exact) mass is 282 g/mol. The number of hydrogen-bond acceptors (Lipinski definition) is 2. The van der Waals surface area contributed by atoms with Crippen molar-refractivity contribution in [3.05, 3.63) is 34.9 Å². The molecular weight excluding hydrogens is 264 g/mol. The van der Waals surface area contributed by atoms with E-state index in [1.54, 1.807) is 4.90 Å². The summed E-state index contributed by atoms with van der Waals surface area (Å²) in [4.78, 5) is 13.5. The van der Waals surface area contributed by atoms with Crippen molar-refractivity contribution in [3.8, 4) is 0 Å². The van der Waals surface area contributed by atoms with E-state index in [9.17, 15) is 4.79 Å². The fraction of sp³-hybridized carbons (Fsp3) is 0.500. The molecule has 0 bridgehead atoms. The number of amides is 2. The highest BCUT2D eigenvalue weighted by Gasteiger charge is 2.40. The second kappa shape index (κ2) is 6.26. The van der Waals surface area contributed by atoms with Gasteiger partial charge >= 0.3 is 6.03 Å². The summed E-state index contributed by atoms with van der Waals surface area (Å²) >= 11 is 5.96. The van der Waals surface area contributed by atoms with Gasteiger partial charge in [-0.1, -0.05) is 23.7 Å². The summed E-state index contributed by atoms with van der Waals surface area (Å²) in [6.07, 6.45) is 0.947. The van der Waals surface area contributed by atoms with Crippen molar-refractivity contribution in [3.63, 3.8) is 0 Å². The Morgan fingerprint density at radius 1 is 1.58 bits per heavy atom. The molecular formula is C14H19ClN2O2. The summed E-state index contributed by atoms with van der Waals surface area (Å²) in [5.74, 6) is 0.357.